The first kappa shape index (κ1) is 28.6. The molecule has 0 unspecified atom stereocenters. The number of aromatic nitrogens is 3. The van der Waals surface area contributed by atoms with E-state index < -0.39 is 0 Å². The van der Waals surface area contributed by atoms with Gasteiger partial charge in [0.15, 0.2) is 0 Å². The molecule has 3 aromatic heterocycles. The van der Waals surface area contributed by atoms with Gasteiger partial charge in [0.2, 0.25) is 0 Å². The lowest BCUT2D eigenvalue weighted by molar-refractivity contribution is 0.569. The van der Waals surface area contributed by atoms with Gasteiger partial charge in [0.05, 0.1) is 39.3 Å². The Morgan fingerprint density at radius 2 is 1.24 bits per heavy atom. The Morgan fingerprint density at radius 3 is 2.00 bits per heavy atom. The lowest BCUT2D eigenvalue weighted by Crippen LogP contribution is -2.30. The Morgan fingerprint density at radius 1 is 0.600 bits per heavy atom. The molecule has 0 aliphatic carbocycles. The summed E-state index contributed by atoms with van der Waals surface area (Å²) in [5.41, 5.74) is 11.3. The van der Waals surface area contributed by atoms with Gasteiger partial charge in [0.25, 0.3) is 0 Å². The maximum atomic E-state index is 13.3. The van der Waals surface area contributed by atoms with Crippen LogP contribution in [0.4, 0.5) is 17.1 Å². The van der Waals surface area contributed by atoms with Gasteiger partial charge in [-0.15, -0.1) is 0 Å². The molecule has 1 aliphatic rings. The third kappa shape index (κ3) is 3.90. The van der Waals surface area contributed by atoms with E-state index in [4.69, 9.17) is 9.52 Å². The average molecular weight is 649 g/mol. The maximum Gasteiger partial charge on any atom is 0.347 e. The molecule has 9 aromatic rings. The molecule has 0 spiro atoms. The topological polar surface area (TPSA) is 56.2 Å². The molecule has 0 atom stereocenters. The maximum absolute atomic E-state index is 13.3. The van der Waals surface area contributed by atoms with E-state index in [1.165, 1.54) is 32.9 Å². The van der Waals surface area contributed by atoms with E-state index in [2.05, 4.69) is 120 Å². The molecule has 4 heterocycles. The van der Waals surface area contributed by atoms with Crippen molar-refractivity contribution in [3.8, 4) is 11.4 Å². The average Bonchev–Trinajstić information content (AvgIpc) is 3.68. The SMILES string of the molecule is Cc1nn(-c2ccccc2)c2c1c(=O)oc1ccc(N3c4ccccc4C(C)(C)c4cc(-n5c6ccccc6c6ccccc65)ccc43)cc12. The fourth-order valence-corrected chi connectivity index (χ4v) is 8.17. The number of hydrogen-bond acceptors (Lipinski definition) is 4. The number of rotatable bonds is 3. The molecule has 0 amide bonds. The Kier molecular flexibility index (Phi) is 5.89. The fourth-order valence-electron chi connectivity index (χ4n) is 8.17. The molecule has 50 heavy (non-hydrogen) atoms. The van der Waals surface area contributed by atoms with Crippen LogP contribution < -0.4 is 10.5 Å². The lowest BCUT2D eigenvalue weighted by atomic mass is 9.73. The molecule has 6 aromatic carbocycles. The van der Waals surface area contributed by atoms with Crippen molar-refractivity contribution in [1.82, 2.24) is 14.3 Å². The Balaban J connectivity index is 1.23. The molecule has 0 saturated heterocycles. The zero-order valence-electron chi connectivity index (χ0n) is 27.9. The van der Waals surface area contributed by atoms with Crippen LogP contribution in [-0.2, 0) is 5.41 Å². The predicted octanol–water partition coefficient (Wildman–Crippen LogP) is 10.6. The summed E-state index contributed by atoms with van der Waals surface area (Å²) in [6.07, 6.45) is 0. The molecule has 10 rings (SSSR count). The highest BCUT2D eigenvalue weighted by Crippen LogP contribution is 2.53. The van der Waals surface area contributed by atoms with Gasteiger partial charge < -0.3 is 13.9 Å². The Bertz CT molecular complexity index is 2840. The Labute approximate surface area is 288 Å². The zero-order valence-corrected chi connectivity index (χ0v) is 27.9. The van der Waals surface area contributed by atoms with Crippen LogP contribution in [0.15, 0.2) is 149 Å². The molecule has 0 saturated carbocycles. The lowest BCUT2D eigenvalue weighted by Gasteiger charge is -2.42. The smallest absolute Gasteiger partial charge is 0.347 e. The van der Waals surface area contributed by atoms with Crippen molar-refractivity contribution in [1.29, 1.82) is 0 Å². The second-order valence-electron chi connectivity index (χ2n) is 13.7. The van der Waals surface area contributed by atoms with Crippen LogP contribution in [0.1, 0.15) is 30.7 Å². The van der Waals surface area contributed by atoms with Gasteiger partial charge in [-0.2, -0.15) is 5.10 Å². The molecule has 1 aliphatic heterocycles. The van der Waals surface area contributed by atoms with E-state index in [1.54, 1.807) is 0 Å². The minimum atomic E-state index is -0.382. The van der Waals surface area contributed by atoms with Gasteiger partial charge in [-0.1, -0.05) is 86.6 Å². The molecule has 6 heteroatoms. The number of anilines is 3. The third-order valence-electron chi connectivity index (χ3n) is 10.5. The molecule has 240 valence electrons. The van der Waals surface area contributed by atoms with Crippen molar-refractivity contribution < 1.29 is 4.42 Å². The first-order chi connectivity index (χ1) is 24.4. The number of benzene rings is 6. The van der Waals surface area contributed by atoms with Gasteiger partial charge in [-0.25, -0.2) is 9.48 Å². The van der Waals surface area contributed by atoms with E-state index in [0.29, 0.717) is 16.7 Å². The molecule has 0 fully saturated rings. The molecule has 0 bridgehead atoms. The van der Waals surface area contributed by atoms with Gasteiger partial charge in [-0.05, 0) is 84.8 Å². The highest BCUT2D eigenvalue weighted by molar-refractivity contribution is 6.09. The minimum absolute atomic E-state index is 0.281. The summed E-state index contributed by atoms with van der Waals surface area (Å²) in [4.78, 5) is 15.6. The van der Waals surface area contributed by atoms with E-state index in [0.717, 1.165) is 39.3 Å². The van der Waals surface area contributed by atoms with Crippen molar-refractivity contribution in [2.75, 3.05) is 4.90 Å². The van der Waals surface area contributed by atoms with Crippen molar-refractivity contribution in [3.63, 3.8) is 0 Å². The fraction of sp³-hybridized carbons (Fsp3) is 0.0909. The van der Waals surface area contributed by atoms with Gasteiger partial charge in [0, 0.05) is 32.9 Å². The van der Waals surface area contributed by atoms with Crippen LogP contribution in [0.5, 0.6) is 0 Å². The van der Waals surface area contributed by atoms with Crippen molar-refractivity contribution >= 4 is 60.7 Å². The number of hydrogen-bond donors (Lipinski definition) is 0. The zero-order chi connectivity index (χ0) is 33.7. The second kappa shape index (κ2) is 10.3. The number of aryl methyl sites for hydroxylation is 1. The van der Waals surface area contributed by atoms with Crippen molar-refractivity contribution in [2.24, 2.45) is 0 Å². The minimum Gasteiger partial charge on any atom is -0.422 e. The van der Waals surface area contributed by atoms with Crippen LogP contribution in [0.2, 0.25) is 0 Å². The normalized spacial score (nSPS) is 13.7. The van der Waals surface area contributed by atoms with E-state index in [1.807, 2.05) is 54.1 Å². The van der Waals surface area contributed by atoms with Gasteiger partial charge in [0.1, 0.15) is 11.0 Å². The van der Waals surface area contributed by atoms with Crippen molar-refractivity contribution in [3.05, 3.63) is 167 Å². The summed E-state index contributed by atoms with van der Waals surface area (Å²) in [7, 11) is 0. The summed E-state index contributed by atoms with van der Waals surface area (Å²) in [6, 6.07) is 48.9. The van der Waals surface area contributed by atoms with Gasteiger partial charge >= 0.3 is 5.63 Å². The Hall–Kier alpha value is -6.40. The molecular formula is C44H32N4O2. The summed E-state index contributed by atoms with van der Waals surface area (Å²) in [5.74, 6) is 0. The van der Waals surface area contributed by atoms with E-state index in [-0.39, 0.29) is 11.0 Å². The quantitative estimate of drug-likeness (QED) is 0.179. The highest BCUT2D eigenvalue weighted by Gasteiger charge is 2.37. The van der Waals surface area contributed by atoms with Crippen molar-refractivity contribution in [2.45, 2.75) is 26.2 Å². The monoisotopic (exact) mass is 648 g/mol. The molecule has 6 nitrogen and oxygen atoms in total. The molecular weight excluding hydrogens is 617 g/mol. The number of para-hydroxylation sites is 4. The predicted molar refractivity (Wildman–Crippen MR) is 203 cm³/mol. The van der Waals surface area contributed by atoms with Crippen LogP contribution in [0.25, 0.3) is 55.1 Å². The summed E-state index contributed by atoms with van der Waals surface area (Å²) < 4.78 is 10.2. The van der Waals surface area contributed by atoms with Crippen LogP contribution in [0.3, 0.4) is 0 Å². The van der Waals surface area contributed by atoms with Crippen LogP contribution in [0, 0.1) is 6.92 Å². The summed E-state index contributed by atoms with van der Waals surface area (Å²) in [5, 5.41) is 8.63. The standard InChI is InChI=1S/C44H32N4O2/c1-27-41-42(48(45-27)28-13-5-4-6-14-28)33-25-29(22-24-40(33)50-43(41)49)47-38-20-12-9-17-34(38)44(2,3)35-26-30(21-23-39(35)47)46-36-18-10-7-15-31(36)32-16-8-11-19-37(32)46/h4-26H,1-3H3. The summed E-state index contributed by atoms with van der Waals surface area (Å²) in [6.45, 7) is 6.50. The van der Waals surface area contributed by atoms with Crippen LogP contribution >= 0.6 is 0 Å². The largest absolute Gasteiger partial charge is 0.422 e. The van der Waals surface area contributed by atoms with Crippen LogP contribution in [-0.4, -0.2) is 14.3 Å². The number of fused-ring (bicyclic) bond motifs is 8. The molecule has 0 radical (unpaired) electrons. The first-order valence-corrected chi connectivity index (χ1v) is 16.9. The first-order valence-electron chi connectivity index (χ1n) is 16.9. The van der Waals surface area contributed by atoms with Gasteiger partial charge in [-0.3, -0.25) is 0 Å². The summed E-state index contributed by atoms with van der Waals surface area (Å²) >= 11 is 0. The third-order valence-corrected chi connectivity index (χ3v) is 10.5. The van der Waals surface area contributed by atoms with E-state index >= 15 is 0 Å². The van der Waals surface area contributed by atoms with E-state index in [9.17, 15) is 4.79 Å². The number of nitrogens with zero attached hydrogens (tertiary/aromatic N) is 4. The highest BCUT2D eigenvalue weighted by atomic mass is 16.4. The second-order valence-corrected chi connectivity index (χ2v) is 13.7. The molecule has 0 N–H and O–H groups in total.